The molecule has 36 heavy (non-hydrogen) atoms. The van der Waals surface area contributed by atoms with Crippen molar-refractivity contribution in [3.63, 3.8) is 0 Å². The average molecular weight is 563 g/mol. The normalized spacial score (nSPS) is 11.6. The molecule has 1 N–H and O–H groups in total. The maximum atomic E-state index is 13.5. The quantitative estimate of drug-likeness (QED) is 0.273. The molecule has 0 aliphatic heterocycles. The molecule has 3 aromatic carbocycles. The number of carbonyl (C=O) groups is 2. The van der Waals surface area contributed by atoms with Crippen LogP contribution in [0.4, 0.5) is 5.69 Å². The molecule has 1 amide bonds. The first-order chi connectivity index (χ1) is 17.2. The molecule has 186 valence electrons. The first kappa shape index (κ1) is 26.1. The summed E-state index contributed by atoms with van der Waals surface area (Å²) in [5.74, 6) is -0.987. The van der Waals surface area contributed by atoms with E-state index in [-0.39, 0.29) is 21.5 Å². The van der Waals surface area contributed by atoms with Crippen LogP contribution in [0.2, 0.25) is 10.0 Å². The lowest BCUT2D eigenvalue weighted by Crippen LogP contribution is -2.37. The highest BCUT2D eigenvalue weighted by Crippen LogP contribution is 2.30. The van der Waals surface area contributed by atoms with Crippen molar-refractivity contribution in [1.82, 2.24) is 4.31 Å². The van der Waals surface area contributed by atoms with Crippen LogP contribution in [-0.2, 0) is 26.1 Å². The summed E-state index contributed by atoms with van der Waals surface area (Å²) in [7, 11) is -2.87. The molecule has 0 saturated carbocycles. The number of thiophene rings is 1. The van der Waals surface area contributed by atoms with Crippen LogP contribution in [0.25, 0.3) is 10.1 Å². The highest BCUT2D eigenvalue weighted by Gasteiger charge is 2.29. The van der Waals surface area contributed by atoms with Crippen molar-refractivity contribution in [2.45, 2.75) is 11.4 Å². The molecule has 0 fully saturated rings. The van der Waals surface area contributed by atoms with Crippen molar-refractivity contribution in [1.29, 1.82) is 0 Å². The Morgan fingerprint density at radius 2 is 1.75 bits per heavy atom. The number of nitrogens with zero attached hydrogens (tertiary/aromatic N) is 1. The van der Waals surface area contributed by atoms with Crippen LogP contribution in [0.1, 0.15) is 15.2 Å². The van der Waals surface area contributed by atoms with E-state index in [1.165, 1.54) is 36.6 Å². The average Bonchev–Trinajstić information content (AvgIpc) is 3.28. The summed E-state index contributed by atoms with van der Waals surface area (Å²) in [6.45, 7) is -0.513. The van der Waals surface area contributed by atoms with E-state index in [2.05, 4.69) is 5.32 Å². The monoisotopic (exact) mass is 562 g/mol. The molecule has 4 rings (SSSR count). The molecule has 0 radical (unpaired) electrons. The molecule has 0 atom stereocenters. The van der Waals surface area contributed by atoms with E-state index in [0.717, 1.165) is 14.4 Å². The van der Waals surface area contributed by atoms with Crippen molar-refractivity contribution < 1.29 is 22.7 Å². The number of methoxy groups -OCH3 is 1. The lowest BCUT2D eigenvalue weighted by Gasteiger charge is -2.22. The van der Waals surface area contributed by atoms with Crippen LogP contribution in [0.5, 0.6) is 0 Å². The van der Waals surface area contributed by atoms with Crippen molar-refractivity contribution in [3.05, 3.63) is 93.3 Å². The number of halogens is 2. The van der Waals surface area contributed by atoms with Gasteiger partial charge in [0.25, 0.3) is 0 Å². The zero-order valence-corrected chi connectivity index (χ0v) is 22.0. The molecular weight excluding hydrogens is 543 g/mol. The minimum Gasteiger partial charge on any atom is -0.465 e. The summed E-state index contributed by atoms with van der Waals surface area (Å²) in [6.07, 6.45) is 0. The van der Waals surface area contributed by atoms with Gasteiger partial charge < -0.3 is 10.1 Å². The molecule has 0 unspecified atom stereocenters. The zero-order chi connectivity index (χ0) is 25.9. The van der Waals surface area contributed by atoms with Gasteiger partial charge in [-0.15, -0.1) is 11.3 Å². The first-order valence-electron chi connectivity index (χ1n) is 10.6. The number of rotatable bonds is 8. The van der Waals surface area contributed by atoms with Gasteiger partial charge >= 0.3 is 5.97 Å². The van der Waals surface area contributed by atoms with E-state index in [1.54, 1.807) is 48.5 Å². The number of esters is 1. The number of sulfonamides is 1. The second-order valence-corrected chi connectivity index (χ2v) is 11.6. The SMILES string of the molecule is COC(=O)c1cc2cc(NC(=O)CN(Cc3ccccc3)S(=O)(=O)c3cc(Cl)ccc3Cl)ccc2s1. The molecule has 11 heteroatoms. The summed E-state index contributed by atoms with van der Waals surface area (Å²) < 4.78 is 33.7. The lowest BCUT2D eigenvalue weighted by molar-refractivity contribution is -0.116. The second-order valence-electron chi connectivity index (χ2n) is 7.74. The second kappa shape index (κ2) is 11.0. The molecular formula is C25H20Cl2N2O5S2. The van der Waals surface area contributed by atoms with Gasteiger partial charge in [-0.3, -0.25) is 4.79 Å². The molecule has 0 bridgehead atoms. The van der Waals surface area contributed by atoms with Gasteiger partial charge in [-0.25, -0.2) is 13.2 Å². The number of ether oxygens (including phenoxy) is 1. The van der Waals surface area contributed by atoms with Gasteiger partial charge in [-0.1, -0.05) is 53.5 Å². The third kappa shape index (κ3) is 5.88. The van der Waals surface area contributed by atoms with Crippen LogP contribution >= 0.6 is 34.5 Å². The number of nitrogens with one attached hydrogen (secondary N) is 1. The first-order valence-corrected chi connectivity index (χ1v) is 13.6. The summed E-state index contributed by atoms with van der Waals surface area (Å²) in [4.78, 5) is 25.1. The van der Waals surface area contributed by atoms with E-state index in [9.17, 15) is 18.0 Å². The highest BCUT2D eigenvalue weighted by molar-refractivity contribution is 7.89. The summed E-state index contributed by atoms with van der Waals surface area (Å²) in [5.41, 5.74) is 1.15. The van der Waals surface area contributed by atoms with Gasteiger partial charge in [-0.2, -0.15) is 4.31 Å². The van der Waals surface area contributed by atoms with Crippen LogP contribution in [-0.4, -0.2) is 38.3 Å². The number of anilines is 1. The third-order valence-electron chi connectivity index (χ3n) is 5.22. The topological polar surface area (TPSA) is 92.8 Å². The number of fused-ring (bicyclic) bond motifs is 1. The van der Waals surface area contributed by atoms with E-state index >= 15 is 0 Å². The minimum atomic E-state index is -4.18. The lowest BCUT2D eigenvalue weighted by atomic mass is 10.2. The molecule has 0 saturated heterocycles. The van der Waals surface area contributed by atoms with E-state index in [4.69, 9.17) is 27.9 Å². The highest BCUT2D eigenvalue weighted by atomic mass is 35.5. The maximum Gasteiger partial charge on any atom is 0.348 e. The standard InChI is InChI=1S/C25H20Cl2N2O5S2/c1-34-25(31)22-12-17-11-19(8-10-21(17)35-22)28-24(30)15-29(14-16-5-3-2-4-6-16)36(32,33)23-13-18(26)7-9-20(23)27/h2-13H,14-15H2,1H3,(H,28,30). The Labute approximate surface area is 222 Å². The fourth-order valence-electron chi connectivity index (χ4n) is 3.51. The van der Waals surface area contributed by atoms with Crippen LogP contribution < -0.4 is 5.32 Å². The van der Waals surface area contributed by atoms with Crippen molar-refractivity contribution >= 4 is 72.2 Å². The van der Waals surface area contributed by atoms with E-state index in [0.29, 0.717) is 16.1 Å². The number of carbonyl (C=O) groups excluding carboxylic acids is 2. The van der Waals surface area contributed by atoms with Gasteiger partial charge in [0.1, 0.15) is 9.77 Å². The van der Waals surface area contributed by atoms with Crippen molar-refractivity contribution in [2.24, 2.45) is 0 Å². The predicted molar refractivity (Wildman–Crippen MR) is 142 cm³/mol. The van der Waals surface area contributed by atoms with Crippen molar-refractivity contribution in [3.8, 4) is 0 Å². The predicted octanol–water partition coefficient (Wildman–Crippen LogP) is 5.82. The number of amides is 1. The van der Waals surface area contributed by atoms with Crippen molar-refractivity contribution in [2.75, 3.05) is 19.0 Å². The van der Waals surface area contributed by atoms with Gasteiger partial charge in [0.2, 0.25) is 15.9 Å². The minimum absolute atomic E-state index is 0.00203. The van der Waals surface area contributed by atoms with Gasteiger partial charge in [0.15, 0.2) is 0 Å². The van der Waals surface area contributed by atoms with Crippen LogP contribution in [0.3, 0.4) is 0 Å². The summed E-state index contributed by atoms with van der Waals surface area (Å²) in [6, 6.07) is 19.9. The molecule has 0 aliphatic carbocycles. The summed E-state index contributed by atoms with van der Waals surface area (Å²) >= 11 is 13.5. The molecule has 0 spiro atoms. The Morgan fingerprint density at radius 1 is 1.00 bits per heavy atom. The zero-order valence-electron chi connectivity index (χ0n) is 18.9. The summed E-state index contributed by atoms with van der Waals surface area (Å²) in [5, 5.41) is 3.69. The smallest absolute Gasteiger partial charge is 0.348 e. The van der Waals surface area contributed by atoms with Gasteiger partial charge in [-0.05, 0) is 53.4 Å². The largest absolute Gasteiger partial charge is 0.465 e. The van der Waals surface area contributed by atoms with E-state index in [1.807, 2.05) is 6.07 Å². The Kier molecular flexibility index (Phi) is 7.97. The molecule has 4 aromatic rings. The van der Waals surface area contributed by atoms with E-state index < -0.39 is 28.4 Å². The van der Waals surface area contributed by atoms with Gasteiger partial charge in [0.05, 0.1) is 18.7 Å². The number of hydrogen-bond acceptors (Lipinski definition) is 6. The molecule has 1 heterocycles. The van der Waals surface area contributed by atoms with Crippen LogP contribution in [0.15, 0.2) is 77.7 Å². The maximum absolute atomic E-state index is 13.5. The molecule has 1 aromatic heterocycles. The Balaban J connectivity index is 1.60. The number of hydrogen-bond donors (Lipinski definition) is 1. The Bertz CT molecular complexity index is 1540. The number of benzene rings is 3. The third-order valence-corrected chi connectivity index (χ3v) is 8.82. The van der Waals surface area contributed by atoms with Crippen LogP contribution in [0, 0.1) is 0 Å². The fraction of sp³-hybridized carbons (Fsp3) is 0.120. The van der Waals surface area contributed by atoms with Gasteiger partial charge in [0, 0.05) is 22.0 Å². The Hall–Kier alpha value is -2.95. The molecule has 0 aliphatic rings. The molecule has 7 nitrogen and oxygen atoms in total. The Morgan fingerprint density at radius 3 is 2.47 bits per heavy atom. The fourth-order valence-corrected chi connectivity index (χ4v) is 6.59.